The Balaban J connectivity index is 1.51. The molecule has 0 aromatic heterocycles. The predicted octanol–water partition coefficient (Wildman–Crippen LogP) is 5.37. The van der Waals surface area contributed by atoms with E-state index in [0.29, 0.717) is 28.9 Å². The molecule has 5 heterocycles. The van der Waals surface area contributed by atoms with Crippen LogP contribution in [0.5, 0.6) is 0 Å². The maximum absolute atomic E-state index is 14.2. The monoisotopic (exact) mass is 536 g/mol. The quantitative estimate of drug-likeness (QED) is 0.341. The van der Waals surface area contributed by atoms with E-state index in [-0.39, 0.29) is 30.0 Å². The summed E-state index contributed by atoms with van der Waals surface area (Å²) in [5.74, 6) is -0.130. The van der Waals surface area contributed by atoms with E-state index in [4.69, 9.17) is 9.16 Å². The van der Waals surface area contributed by atoms with Crippen molar-refractivity contribution < 1.29 is 18.8 Å². The van der Waals surface area contributed by atoms with E-state index >= 15 is 0 Å². The first-order valence-electron chi connectivity index (χ1n) is 14.4. The van der Waals surface area contributed by atoms with Gasteiger partial charge in [-0.1, -0.05) is 77.4 Å². The number of nitrogens with one attached hydrogen (secondary N) is 1. The van der Waals surface area contributed by atoms with Crippen LogP contribution in [-0.4, -0.2) is 56.9 Å². The Kier molecular flexibility index (Phi) is 7.37. The molecule has 2 amide bonds. The maximum Gasteiger partial charge on any atom is 0.233 e. The van der Waals surface area contributed by atoms with Gasteiger partial charge in [0.15, 0.2) is 0 Å². The van der Waals surface area contributed by atoms with Crippen LogP contribution >= 0.6 is 0 Å². The lowest BCUT2D eigenvalue weighted by atomic mass is 9.71. The van der Waals surface area contributed by atoms with Gasteiger partial charge in [-0.15, -0.1) is 0 Å². The van der Waals surface area contributed by atoms with E-state index in [1.807, 2.05) is 29.2 Å². The van der Waals surface area contributed by atoms with E-state index < -0.39 is 20.2 Å². The number of carbonyl (C=O) groups is 2. The highest BCUT2D eigenvalue weighted by Gasteiger charge is 2.58. The molecular formula is C31H44N2O4Si. The molecule has 0 radical (unpaired) electrons. The fourth-order valence-corrected chi connectivity index (χ4v) is 13.7. The first-order chi connectivity index (χ1) is 18.1. The average Bonchev–Trinajstić information content (AvgIpc) is 3.26. The van der Waals surface area contributed by atoms with Crippen molar-refractivity contribution in [2.24, 2.45) is 11.8 Å². The molecule has 0 saturated carbocycles. The van der Waals surface area contributed by atoms with Gasteiger partial charge in [0.05, 0.1) is 31.2 Å². The Hall–Kier alpha value is -2.38. The molecule has 2 aliphatic carbocycles. The van der Waals surface area contributed by atoms with Crippen molar-refractivity contribution in [1.29, 1.82) is 0 Å². The molecule has 1 aromatic carbocycles. The number of hydrogen-bond acceptors (Lipinski definition) is 4. The zero-order valence-electron chi connectivity index (χ0n) is 24.0. The predicted molar refractivity (Wildman–Crippen MR) is 152 cm³/mol. The Labute approximate surface area is 229 Å². The zero-order valence-corrected chi connectivity index (χ0v) is 25.0. The molecule has 7 aliphatic rings. The Bertz CT molecular complexity index is 1120. The van der Waals surface area contributed by atoms with Gasteiger partial charge >= 0.3 is 0 Å². The number of amides is 2. The van der Waals surface area contributed by atoms with Gasteiger partial charge in [-0.05, 0) is 53.1 Å². The third-order valence-corrected chi connectivity index (χ3v) is 15.8. The normalized spacial score (nSPS) is 28.7. The first kappa shape index (κ1) is 27.2. The van der Waals surface area contributed by atoms with E-state index in [2.05, 4.69) is 59.0 Å². The molecule has 0 unspecified atom stereocenters. The second-order valence-corrected chi connectivity index (χ2v) is 17.9. The highest BCUT2D eigenvalue weighted by Crippen LogP contribution is 2.52. The third-order valence-electron chi connectivity index (χ3n) is 9.64. The van der Waals surface area contributed by atoms with Crippen molar-refractivity contribution in [3.8, 4) is 0 Å². The molecule has 8 rings (SSSR count). The van der Waals surface area contributed by atoms with Gasteiger partial charge in [0.1, 0.15) is 11.7 Å². The number of benzene rings is 1. The summed E-state index contributed by atoms with van der Waals surface area (Å²) in [4.78, 5) is 29.6. The molecule has 1 aromatic rings. The van der Waals surface area contributed by atoms with Crippen molar-refractivity contribution in [2.75, 3.05) is 13.7 Å². The molecule has 0 spiro atoms. The van der Waals surface area contributed by atoms with E-state index in [1.54, 1.807) is 7.11 Å². The highest BCUT2D eigenvalue weighted by molar-refractivity contribution is 6.77. The second-order valence-electron chi connectivity index (χ2n) is 12.5. The van der Waals surface area contributed by atoms with Gasteiger partial charge in [0.25, 0.3) is 0 Å². The molecule has 1 N–H and O–H groups in total. The third kappa shape index (κ3) is 4.26. The fourth-order valence-electron chi connectivity index (χ4n) is 8.17. The summed E-state index contributed by atoms with van der Waals surface area (Å²) in [6, 6.07) is 9.57. The number of nitrogens with zero attached hydrogens (tertiary/aromatic N) is 1. The summed E-state index contributed by atoms with van der Waals surface area (Å²) in [7, 11) is -0.454. The molecule has 7 heteroatoms. The first-order valence-corrected chi connectivity index (χ1v) is 16.5. The van der Waals surface area contributed by atoms with Crippen molar-refractivity contribution in [3.63, 3.8) is 0 Å². The summed E-state index contributed by atoms with van der Waals surface area (Å²) in [6.45, 7) is 14.5. The molecule has 1 saturated heterocycles. The molecule has 4 bridgehead atoms. The van der Waals surface area contributed by atoms with Crippen molar-refractivity contribution in [1.82, 2.24) is 10.2 Å². The molecule has 1 fully saturated rings. The van der Waals surface area contributed by atoms with Crippen LogP contribution in [0.15, 0.2) is 53.3 Å². The summed E-state index contributed by atoms with van der Waals surface area (Å²) < 4.78 is 13.1. The lowest BCUT2D eigenvalue weighted by molar-refractivity contribution is -0.145. The lowest BCUT2D eigenvalue weighted by Crippen LogP contribution is -2.65. The molecule has 5 atom stereocenters. The lowest BCUT2D eigenvalue weighted by Gasteiger charge is -2.50. The van der Waals surface area contributed by atoms with Crippen molar-refractivity contribution in [3.05, 3.63) is 58.9 Å². The molecule has 6 nitrogen and oxygen atoms in total. The van der Waals surface area contributed by atoms with Crippen LogP contribution in [0.4, 0.5) is 0 Å². The molecule has 38 heavy (non-hydrogen) atoms. The van der Waals surface area contributed by atoms with Crippen LogP contribution in [-0.2, 0) is 25.2 Å². The summed E-state index contributed by atoms with van der Waals surface area (Å²) in [5.41, 5.74) is 5.13. The smallest absolute Gasteiger partial charge is 0.233 e. The van der Waals surface area contributed by atoms with Gasteiger partial charge in [-0.2, -0.15) is 0 Å². The van der Waals surface area contributed by atoms with Crippen molar-refractivity contribution >= 4 is 20.1 Å². The number of ether oxygens (including phenoxy) is 1. The minimum atomic E-state index is -2.10. The van der Waals surface area contributed by atoms with Crippen LogP contribution in [0.25, 0.3) is 0 Å². The highest BCUT2D eigenvalue weighted by atomic mass is 28.4. The van der Waals surface area contributed by atoms with Gasteiger partial charge in [0.2, 0.25) is 20.1 Å². The van der Waals surface area contributed by atoms with E-state index in [0.717, 1.165) is 19.3 Å². The van der Waals surface area contributed by atoms with Crippen LogP contribution in [0, 0.1) is 11.8 Å². The maximum atomic E-state index is 14.2. The number of methoxy groups -OCH3 is 1. The molecule has 5 aliphatic heterocycles. The molecular weight excluding hydrogens is 492 g/mol. The van der Waals surface area contributed by atoms with Crippen molar-refractivity contribution in [2.45, 2.75) is 95.6 Å². The topological polar surface area (TPSA) is 67.9 Å². The molecule has 206 valence electrons. The largest absolute Gasteiger partial charge is 0.500 e. The van der Waals surface area contributed by atoms with E-state index in [9.17, 15) is 9.59 Å². The average molecular weight is 537 g/mol. The Morgan fingerprint density at radius 3 is 2.18 bits per heavy atom. The number of carbonyl (C=O) groups excluding carboxylic acids is 2. The summed E-state index contributed by atoms with van der Waals surface area (Å²) >= 11 is 0. The zero-order chi connectivity index (χ0) is 27.4. The van der Waals surface area contributed by atoms with Crippen LogP contribution < -0.4 is 5.32 Å². The van der Waals surface area contributed by atoms with Gasteiger partial charge in [-0.25, -0.2) is 0 Å². The van der Waals surface area contributed by atoms with Gasteiger partial charge < -0.3 is 19.4 Å². The summed E-state index contributed by atoms with van der Waals surface area (Å²) in [6.07, 6.45) is 4.38. The van der Waals surface area contributed by atoms with Crippen LogP contribution in [0.1, 0.15) is 59.9 Å². The second kappa shape index (κ2) is 10.3. The minimum absolute atomic E-state index is 0.0345. The number of rotatable bonds is 9. The Morgan fingerprint density at radius 1 is 0.947 bits per heavy atom. The van der Waals surface area contributed by atoms with Crippen LogP contribution in [0.3, 0.4) is 0 Å². The Morgan fingerprint density at radius 2 is 1.58 bits per heavy atom. The van der Waals surface area contributed by atoms with Gasteiger partial charge in [0, 0.05) is 6.54 Å². The number of hydrogen-bond donors (Lipinski definition) is 1. The van der Waals surface area contributed by atoms with Gasteiger partial charge in [-0.3, -0.25) is 9.59 Å². The van der Waals surface area contributed by atoms with E-state index in [1.165, 1.54) is 16.7 Å². The SMILES string of the molecule is COC1=C[C@H]2NC(=O)[C@@H]1[C@@H]1C3=C(C[C@@H](O[Si](C(C)C)(C(C)C)C(C)C)C3)[C@H]2C(=O)N1CCc1ccccc1. The minimum Gasteiger partial charge on any atom is -0.500 e. The standard InChI is InChI=1S/C31H44N2O4Si/c1-18(2)38(19(3)4,20(5)6)37-22-15-23-24(16-22)29-28-26(36-7)17-25(32-30(28)34)27(23)31(35)33(29)14-13-21-11-9-8-10-12-21/h8-12,17-20,22,25,27-29H,13-16H2,1-7H3,(H,32,34)/t22-,25-,27-,28+,29+/m1/s1. The van der Waals surface area contributed by atoms with Crippen LogP contribution in [0.2, 0.25) is 16.6 Å². The fraction of sp³-hybridized carbons (Fsp3) is 0.613. The summed E-state index contributed by atoms with van der Waals surface area (Å²) in [5, 5.41) is 3.16.